The number of carbonyl (C=O) groups is 1. The summed E-state index contributed by atoms with van der Waals surface area (Å²) in [4.78, 5) is 11.1. The van der Waals surface area contributed by atoms with Gasteiger partial charge in [-0.1, -0.05) is 29.3 Å². The van der Waals surface area contributed by atoms with Gasteiger partial charge in [0.2, 0.25) is 5.91 Å². The largest absolute Gasteiger partial charge is 0.356 e. The number of hydrogen-bond donors (Lipinski definition) is 2. The van der Waals surface area contributed by atoms with Crippen molar-refractivity contribution in [1.82, 2.24) is 5.32 Å². The molecule has 3 N–H and O–H groups in total. The van der Waals surface area contributed by atoms with Gasteiger partial charge in [0, 0.05) is 29.6 Å². The molecule has 0 saturated carbocycles. The van der Waals surface area contributed by atoms with Gasteiger partial charge < -0.3 is 11.1 Å². The molecule has 0 atom stereocenters. The molecule has 88 valence electrons. The van der Waals surface area contributed by atoms with Gasteiger partial charge >= 0.3 is 0 Å². The van der Waals surface area contributed by atoms with E-state index in [1.807, 2.05) is 6.07 Å². The number of hydrogen-bond acceptors (Lipinski definition) is 2. The van der Waals surface area contributed by atoms with Crippen molar-refractivity contribution in [3.8, 4) is 0 Å². The lowest BCUT2D eigenvalue weighted by Crippen LogP contribution is -2.27. The van der Waals surface area contributed by atoms with Gasteiger partial charge in [0.15, 0.2) is 0 Å². The summed E-state index contributed by atoms with van der Waals surface area (Å²) in [7, 11) is 0. The first-order chi connectivity index (χ1) is 7.63. The summed E-state index contributed by atoms with van der Waals surface area (Å²) in [5.41, 5.74) is 6.23. The van der Waals surface area contributed by atoms with Crippen molar-refractivity contribution in [2.24, 2.45) is 5.73 Å². The van der Waals surface area contributed by atoms with Gasteiger partial charge in [-0.05, 0) is 24.1 Å². The number of nitrogens with two attached hydrogens (primary N) is 1. The van der Waals surface area contributed by atoms with Crippen LogP contribution in [0.3, 0.4) is 0 Å². The van der Waals surface area contributed by atoms with Crippen molar-refractivity contribution in [3.63, 3.8) is 0 Å². The Hall–Kier alpha value is -0.770. The first-order valence-electron chi connectivity index (χ1n) is 5.04. The third-order valence-electron chi connectivity index (χ3n) is 2.10. The fourth-order valence-electron chi connectivity index (χ4n) is 1.28. The molecule has 0 spiro atoms. The Morgan fingerprint density at radius 3 is 2.75 bits per heavy atom. The highest BCUT2D eigenvalue weighted by atomic mass is 35.5. The van der Waals surface area contributed by atoms with E-state index < -0.39 is 0 Å². The molecule has 1 aromatic rings. The molecule has 0 radical (unpaired) electrons. The number of nitrogens with one attached hydrogen (secondary N) is 1. The number of carbonyl (C=O) groups excluding carboxylic acids is 1. The van der Waals surface area contributed by atoms with Gasteiger partial charge in [0.25, 0.3) is 0 Å². The van der Waals surface area contributed by atoms with Crippen LogP contribution in [0.15, 0.2) is 18.2 Å². The molecular formula is C11H14Cl2N2O. The van der Waals surface area contributed by atoms with Gasteiger partial charge in [-0.2, -0.15) is 0 Å². The lowest BCUT2D eigenvalue weighted by Gasteiger charge is -2.06. The van der Waals surface area contributed by atoms with E-state index in [9.17, 15) is 4.79 Å². The van der Waals surface area contributed by atoms with Crippen molar-refractivity contribution in [2.75, 3.05) is 13.1 Å². The van der Waals surface area contributed by atoms with Crippen LogP contribution in [0.25, 0.3) is 0 Å². The second kappa shape index (κ2) is 6.74. The monoisotopic (exact) mass is 260 g/mol. The molecule has 5 heteroatoms. The lowest BCUT2D eigenvalue weighted by molar-refractivity contribution is -0.120. The number of halogens is 2. The second-order valence-electron chi connectivity index (χ2n) is 3.37. The average molecular weight is 261 g/mol. The summed E-state index contributed by atoms with van der Waals surface area (Å²) in [5, 5.41) is 4.00. The summed E-state index contributed by atoms with van der Waals surface area (Å²) in [6.07, 6.45) is 1.04. The number of rotatable bonds is 5. The molecule has 0 aliphatic heterocycles. The van der Waals surface area contributed by atoms with Crippen molar-refractivity contribution in [1.29, 1.82) is 0 Å². The molecule has 0 bridgehead atoms. The standard InChI is InChI=1S/C11H14Cl2N2O/c12-9-2-1-8(10(13)7-9)4-6-15-11(16)3-5-14/h1-2,7H,3-6,14H2,(H,15,16). The van der Waals surface area contributed by atoms with E-state index in [2.05, 4.69) is 5.32 Å². The molecule has 0 unspecified atom stereocenters. The van der Waals surface area contributed by atoms with Crippen molar-refractivity contribution in [3.05, 3.63) is 33.8 Å². The third kappa shape index (κ3) is 4.39. The third-order valence-corrected chi connectivity index (χ3v) is 2.69. The Kier molecular flexibility index (Phi) is 5.60. The van der Waals surface area contributed by atoms with E-state index in [0.717, 1.165) is 5.56 Å². The number of amides is 1. The van der Waals surface area contributed by atoms with Crippen LogP contribution in [0.5, 0.6) is 0 Å². The number of benzene rings is 1. The zero-order chi connectivity index (χ0) is 12.0. The fraction of sp³-hybridized carbons (Fsp3) is 0.364. The molecule has 0 aliphatic carbocycles. The summed E-state index contributed by atoms with van der Waals surface area (Å²) < 4.78 is 0. The lowest BCUT2D eigenvalue weighted by atomic mass is 10.1. The Labute approximate surface area is 105 Å². The maximum absolute atomic E-state index is 11.1. The molecule has 0 heterocycles. The summed E-state index contributed by atoms with van der Waals surface area (Å²) in [5.74, 6) is -0.0346. The van der Waals surface area contributed by atoms with E-state index in [1.165, 1.54) is 0 Å². The highest BCUT2D eigenvalue weighted by Gasteiger charge is 2.02. The Morgan fingerprint density at radius 2 is 2.12 bits per heavy atom. The molecule has 1 amide bonds. The topological polar surface area (TPSA) is 55.1 Å². The summed E-state index contributed by atoms with van der Waals surface area (Å²) >= 11 is 11.8. The zero-order valence-electron chi connectivity index (χ0n) is 8.80. The average Bonchev–Trinajstić information content (AvgIpc) is 2.22. The highest BCUT2D eigenvalue weighted by molar-refractivity contribution is 6.35. The van der Waals surface area contributed by atoms with Crippen LogP contribution >= 0.6 is 23.2 Å². The highest BCUT2D eigenvalue weighted by Crippen LogP contribution is 2.20. The predicted octanol–water partition coefficient (Wildman–Crippen LogP) is 2.00. The first kappa shape index (κ1) is 13.3. The van der Waals surface area contributed by atoms with E-state index >= 15 is 0 Å². The summed E-state index contributed by atoms with van der Waals surface area (Å²) in [6, 6.07) is 5.34. The molecule has 1 rings (SSSR count). The molecule has 1 aromatic carbocycles. The van der Waals surface area contributed by atoms with Crippen LogP contribution in [0, 0.1) is 0 Å². The van der Waals surface area contributed by atoms with Crippen LogP contribution < -0.4 is 11.1 Å². The molecule has 0 aromatic heterocycles. The van der Waals surface area contributed by atoms with Gasteiger partial charge in [0.05, 0.1) is 0 Å². The van der Waals surface area contributed by atoms with Gasteiger partial charge in [-0.3, -0.25) is 4.79 Å². The van der Waals surface area contributed by atoms with Crippen LogP contribution in [0.2, 0.25) is 10.0 Å². The van der Waals surface area contributed by atoms with Crippen molar-refractivity contribution in [2.45, 2.75) is 12.8 Å². The molecule has 0 fully saturated rings. The minimum absolute atomic E-state index is 0.0346. The Morgan fingerprint density at radius 1 is 1.38 bits per heavy atom. The normalized spacial score (nSPS) is 10.2. The van der Waals surface area contributed by atoms with Crippen molar-refractivity contribution < 1.29 is 4.79 Å². The second-order valence-corrected chi connectivity index (χ2v) is 4.22. The maximum Gasteiger partial charge on any atom is 0.221 e. The zero-order valence-corrected chi connectivity index (χ0v) is 10.3. The Balaban J connectivity index is 2.40. The van der Waals surface area contributed by atoms with Crippen LogP contribution in [0.1, 0.15) is 12.0 Å². The molecular weight excluding hydrogens is 247 g/mol. The fourth-order valence-corrected chi connectivity index (χ4v) is 1.78. The van der Waals surface area contributed by atoms with Crippen LogP contribution in [-0.2, 0) is 11.2 Å². The molecule has 0 aliphatic rings. The Bertz CT molecular complexity index is 369. The first-order valence-corrected chi connectivity index (χ1v) is 5.79. The van der Waals surface area contributed by atoms with E-state index in [4.69, 9.17) is 28.9 Å². The van der Waals surface area contributed by atoms with Crippen molar-refractivity contribution >= 4 is 29.1 Å². The quantitative estimate of drug-likeness (QED) is 0.851. The SMILES string of the molecule is NCCC(=O)NCCc1ccc(Cl)cc1Cl. The van der Waals surface area contributed by atoms with Gasteiger partial charge in [-0.15, -0.1) is 0 Å². The molecule has 3 nitrogen and oxygen atoms in total. The summed E-state index contributed by atoms with van der Waals surface area (Å²) in [6.45, 7) is 0.924. The van der Waals surface area contributed by atoms with E-state index in [1.54, 1.807) is 12.1 Å². The van der Waals surface area contributed by atoms with Crippen LogP contribution in [0.4, 0.5) is 0 Å². The molecule has 16 heavy (non-hydrogen) atoms. The smallest absolute Gasteiger partial charge is 0.221 e. The molecule has 0 saturated heterocycles. The van der Waals surface area contributed by atoms with Crippen LogP contribution in [-0.4, -0.2) is 19.0 Å². The van der Waals surface area contributed by atoms with Gasteiger partial charge in [-0.25, -0.2) is 0 Å². The van der Waals surface area contributed by atoms with E-state index in [-0.39, 0.29) is 5.91 Å². The van der Waals surface area contributed by atoms with E-state index in [0.29, 0.717) is 36.0 Å². The minimum Gasteiger partial charge on any atom is -0.356 e. The predicted molar refractivity (Wildman–Crippen MR) is 66.8 cm³/mol. The minimum atomic E-state index is -0.0346. The van der Waals surface area contributed by atoms with Gasteiger partial charge in [0.1, 0.15) is 0 Å². The maximum atomic E-state index is 11.1.